The average Bonchev–Trinajstić information content (AvgIpc) is 2.49. The van der Waals surface area contributed by atoms with E-state index in [1.807, 2.05) is 26.8 Å². The highest BCUT2D eigenvalue weighted by Gasteiger charge is 2.13. The Hall–Kier alpha value is -2.63. The molecule has 6 nitrogen and oxygen atoms in total. The minimum atomic E-state index is -0.387. The molecule has 0 radical (unpaired) electrons. The molecule has 1 aromatic carbocycles. The number of aromatic nitrogens is 2. The summed E-state index contributed by atoms with van der Waals surface area (Å²) in [5, 5.41) is 6.85. The Morgan fingerprint density at radius 2 is 2.00 bits per heavy atom. The standard InChI is InChI=1S/C16H19N3O3/c1-4-22-14-8-6-5-7-12(14)17-16(21)13-9-10-15(20)19(18-13)11(2)3/h5-11H,4H2,1-3H3,(H,17,21). The lowest BCUT2D eigenvalue weighted by Crippen LogP contribution is -2.27. The minimum Gasteiger partial charge on any atom is -0.492 e. The van der Waals surface area contributed by atoms with Gasteiger partial charge >= 0.3 is 0 Å². The summed E-state index contributed by atoms with van der Waals surface area (Å²) >= 11 is 0. The molecule has 0 aliphatic heterocycles. The van der Waals surface area contributed by atoms with E-state index in [2.05, 4.69) is 10.4 Å². The van der Waals surface area contributed by atoms with Gasteiger partial charge in [0.1, 0.15) is 11.4 Å². The van der Waals surface area contributed by atoms with Crippen molar-refractivity contribution < 1.29 is 9.53 Å². The van der Waals surface area contributed by atoms with E-state index in [-0.39, 0.29) is 23.2 Å². The third-order valence-corrected chi connectivity index (χ3v) is 2.98. The van der Waals surface area contributed by atoms with Crippen LogP contribution in [0.4, 0.5) is 5.69 Å². The van der Waals surface area contributed by atoms with Crippen molar-refractivity contribution in [2.45, 2.75) is 26.8 Å². The molecule has 22 heavy (non-hydrogen) atoms. The smallest absolute Gasteiger partial charge is 0.276 e. The van der Waals surface area contributed by atoms with Gasteiger partial charge in [0.05, 0.1) is 18.3 Å². The van der Waals surface area contributed by atoms with Gasteiger partial charge in [-0.15, -0.1) is 0 Å². The number of anilines is 1. The Labute approximate surface area is 128 Å². The van der Waals surface area contributed by atoms with Gasteiger partial charge in [0.15, 0.2) is 0 Å². The number of benzene rings is 1. The zero-order valence-electron chi connectivity index (χ0n) is 12.9. The van der Waals surface area contributed by atoms with Crippen LogP contribution in [0.15, 0.2) is 41.2 Å². The van der Waals surface area contributed by atoms with Crippen molar-refractivity contribution in [3.05, 3.63) is 52.4 Å². The molecule has 1 aromatic heterocycles. The predicted octanol–water partition coefficient (Wildman–Crippen LogP) is 2.48. The van der Waals surface area contributed by atoms with Crippen molar-refractivity contribution in [2.75, 3.05) is 11.9 Å². The van der Waals surface area contributed by atoms with Crippen LogP contribution in [-0.2, 0) is 0 Å². The quantitative estimate of drug-likeness (QED) is 0.920. The van der Waals surface area contributed by atoms with Gasteiger partial charge in [0.25, 0.3) is 11.5 Å². The highest BCUT2D eigenvalue weighted by atomic mass is 16.5. The summed E-state index contributed by atoms with van der Waals surface area (Å²) in [4.78, 5) is 24.0. The van der Waals surface area contributed by atoms with Crippen molar-refractivity contribution >= 4 is 11.6 Å². The van der Waals surface area contributed by atoms with Crippen LogP contribution in [0.25, 0.3) is 0 Å². The number of amides is 1. The summed E-state index contributed by atoms with van der Waals surface area (Å²) in [6.07, 6.45) is 0. The molecule has 0 aliphatic rings. The van der Waals surface area contributed by atoms with E-state index in [1.165, 1.54) is 16.8 Å². The van der Waals surface area contributed by atoms with Crippen LogP contribution in [0.3, 0.4) is 0 Å². The van der Waals surface area contributed by atoms with Crippen LogP contribution >= 0.6 is 0 Å². The Balaban J connectivity index is 2.26. The SMILES string of the molecule is CCOc1ccccc1NC(=O)c1ccc(=O)n(C(C)C)n1. The summed E-state index contributed by atoms with van der Waals surface area (Å²) in [7, 11) is 0. The molecular weight excluding hydrogens is 282 g/mol. The molecule has 0 aliphatic carbocycles. The lowest BCUT2D eigenvalue weighted by atomic mass is 10.2. The Kier molecular flexibility index (Phi) is 4.93. The maximum atomic E-state index is 12.3. The first-order valence-electron chi connectivity index (χ1n) is 7.16. The zero-order chi connectivity index (χ0) is 16.1. The molecule has 0 saturated carbocycles. The van der Waals surface area contributed by atoms with E-state index < -0.39 is 0 Å². The first-order chi connectivity index (χ1) is 10.5. The Morgan fingerprint density at radius 1 is 1.27 bits per heavy atom. The summed E-state index contributed by atoms with van der Waals surface area (Å²) in [5.74, 6) is 0.206. The van der Waals surface area contributed by atoms with Crippen LogP contribution in [0, 0.1) is 0 Å². The van der Waals surface area contributed by atoms with Crippen molar-refractivity contribution in [1.29, 1.82) is 0 Å². The van der Waals surface area contributed by atoms with Gasteiger partial charge < -0.3 is 10.1 Å². The van der Waals surface area contributed by atoms with E-state index in [9.17, 15) is 9.59 Å². The second-order valence-corrected chi connectivity index (χ2v) is 4.98. The molecule has 2 rings (SSSR count). The molecule has 116 valence electrons. The van der Waals surface area contributed by atoms with Gasteiger partial charge in [0, 0.05) is 6.07 Å². The maximum absolute atomic E-state index is 12.3. The number of nitrogens with zero attached hydrogens (tertiary/aromatic N) is 2. The summed E-state index contributed by atoms with van der Waals surface area (Å²) in [5.41, 5.74) is 0.513. The first-order valence-corrected chi connectivity index (χ1v) is 7.16. The van der Waals surface area contributed by atoms with E-state index in [0.717, 1.165) is 0 Å². The molecule has 6 heteroatoms. The fourth-order valence-electron chi connectivity index (χ4n) is 1.95. The normalized spacial score (nSPS) is 10.5. The number of nitrogens with one attached hydrogen (secondary N) is 1. The van der Waals surface area contributed by atoms with Gasteiger partial charge in [-0.3, -0.25) is 9.59 Å². The number of hydrogen-bond acceptors (Lipinski definition) is 4. The number of rotatable bonds is 5. The Bertz CT molecular complexity index is 723. The molecule has 0 saturated heterocycles. The number of ether oxygens (including phenoxy) is 1. The van der Waals surface area contributed by atoms with E-state index in [0.29, 0.717) is 18.0 Å². The van der Waals surface area contributed by atoms with Gasteiger partial charge in [-0.25, -0.2) is 4.68 Å². The number of hydrogen-bond donors (Lipinski definition) is 1. The van der Waals surface area contributed by atoms with Crippen molar-refractivity contribution in [2.24, 2.45) is 0 Å². The second-order valence-electron chi connectivity index (χ2n) is 4.98. The lowest BCUT2D eigenvalue weighted by Gasteiger charge is -2.12. The second kappa shape index (κ2) is 6.89. The highest BCUT2D eigenvalue weighted by Crippen LogP contribution is 2.24. The van der Waals surface area contributed by atoms with Gasteiger partial charge in [-0.2, -0.15) is 5.10 Å². The fourth-order valence-corrected chi connectivity index (χ4v) is 1.95. The lowest BCUT2D eigenvalue weighted by molar-refractivity contribution is 0.101. The number of para-hydroxylation sites is 2. The average molecular weight is 301 g/mol. The maximum Gasteiger partial charge on any atom is 0.276 e. The molecule has 2 aromatic rings. The predicted molar refractivity (Wildman–Crippen MR) is 84.4 cm³/mol. The first kappa shape index (κ1) is 15.8. The molecule has 1 N–H and O–H groups in total. The van der Waals surface area contributed by atoms with Crippen molar-refractivity contribution in [1.82, 2.24) is 9.78 Å². The molecule has 0 unspecified atom stereocenters. The molecule has 0 bridgehead atoms. The van der Waals surface area contributed by atoms with Crippen molar-refractivity contribution in [3.63, 3.8) is 0 Å². The molecule has 0 atom stereocenters. The molecule has 0 spiro atoms. The third kappa shape index (κ3) is 3.52. The zero-order valence-corrected chi connectivity index (χ0v) is 12.9. The topological polar surface area (TPSA) is 73.2 Å². The van der Waals surface area contributed by atoms with Gasteiger partial charge in [-0.1, -0.05) is 12.1 Å². The minimum absolute atomic E-state index is 0.115. The largest absolute Gasteiger partial charge is 0.492 e. The highest BCUT2D eigenvalue weighted by molar-refractivity contribution is 6.03. The number of carbonyl (C=O) groups excluding carboxylic acids is 1. The monoisotopic (exact) mass is 301 g/mol. The molecular formula is C16H19N3O3. The summed E-state index contributed by atoms with van der Waals surface area (Å²) in [6.45, 7) is 6.04. The molecule has 0 fully saturated rings. The number of carbonyl (C=O) groups is 1. The summed E-state index contributed by atoms with van der Waals surface area (Å²) < 4.78 is 6.75. The molecule has 1 heterocycles. The Morgan fingerprint density at radius 3 is 2.68 bits per heavy atom. The van der Waals surface area contributed by atoms with Crippen molar-refractivity contribution in [3.8, 4) is 5.75 Å². The van der Waals surface area contributed by atoms with E-state index in [1.54, 1.807) is 18.2 Å². The molecule has 1 amide bonds. The van der Waals surface area contributed by atoms with Crippen LogP contribution in [0.2, 0.25) is 0 Å². The van der Waals surface area contributed by atoms with Crippen LogP contribution in [-0.4, -0.2) is 22.3 Å². The van der Waals surface area contributed by atoms with E-state index >= 15 is 0 Å². The third-order valence-electron chi connectivity index (χ3n) is 2.98. The van der Waals surface area contributed by atoms with Crippen LogP contribution < -0.4 is 15.6 Å². The fraction of sp³-hybridized carbons (Fsp3) is 0.312. The van der Waals surface area contributed by atoms with Gasteiger partial charge in [0.2, 0.25) is 0 Å². The summed E-state index contributed by atoms with van der Waals surface area (Å²) in [6, 6.07) is 9.81. The van der Waals surface area contributed by atoms with Crippen LogP contribution in [0.1, 0.15) is 37.3 Å². The van der Waals surface area contributed by atoms with Gasteiger partial charge in [-0.05, 0) is 39.0 Å². The van der Waals surface area contributed by atoms with Crippen LogP contribution in [0.5, 0.6) is 5.75 Å². The van der Waals surface area contributed by atoms with E-state index in [4.69, 9.17) is 4.74 Å².